The van der Waals surface area contributed by atoms with E-state index in [4.69, 9.17) is 0 Å². The first-order valence-electron chi connectivity index (χ1n) is 5.94. The summed E-state index contributed by atoms with van der Waals surface area (Å²) in [4.78, 5) is 14.8. The van der Waals surface area contributed by atoms with Gasteiger partial charge in [-0.25, -0.2) is 4.39 Å². The van der Waals surface area contributed by atoms with Gasteiger partial charge in [-0.2, -0.15) is 13.8 Å². The second-order valence-corrected chi connectivity index (χ2v) is 5.47. The monoisotopic (exact) mass is 406 g/mol. The maximum absolute atomic E-state index is 13.4. The number of nitrogens with zero attached hydrogens (tertiary/aromatic N) is 1. The quantitative estimate of drug-likeness (QED) is 0.628. The molecule has 7 heteroatoms. The van der Waals surface area contributed by atoms with Crippen molar-refractivity contribution in [3.63, 3.8) is 0 Å². The number of hydrogen-bond acceptors (Lipinski definition) is 2. The maximum Gasteiger partial charge on any atom is 0.251 e. The van der Waals surface area contributed by atoms with Crippen LogP contribution in [-0.2, 0) is 6.54 Å². The van der Waals surface area contributed by atoms with E-state index in [1.165, 1.54) is 0 Å². The van der Waals surface area contributed by atoms with Crippen LogP contribution in [0.3, 0.4) is 0 Å². The van der Waals surface area contributed by atoms with Crippen LogP contribution in [0.5, 0.6) is 0 Å². The first kappa shape index (κ1) is 15.7. The normalized spacial score (nSPS) is 10.5. The van der Waals surface area contributed by atoms with Crippen molar-refractivity contribution >= 4 is 28.5 Å². The lowest BCUT2D eigenvalue weighted by Gasteiger charge is -2.09. The standard InChI is InChI=1S/C14H10F3IN2O/c1-7-9(3-2-4-10(7)18)14(21)19-6-8-5-11(15)20-13(17)12(8)16/h2-5H,6H2,1H3,(H,19,21). The summed E-state index contributed by atoms with van der Waals surface area (Å²) in [7, 11) is 0. The number of aromatic nitrogens is 1. The number of carbonyl (C=O) groups is 1. The van der Waals surface area contributed by atoms with Crippen LogP contribution >= 0.6 is 22.6 Å². The zero-order valence-corrected chi connectivity index (χ0v) is 13.0. The molecule has 2 aromatic rings. The lowest BCUT2D eigenvalue weighted by atomic mass is 10.1. The fourth-order valence-electron chi connectivity index (χ4n) is 1.77. The van der Waals surface area contributed by atoms with Crippen molar-refractivity contribution < 1.29 is 18.0 Å². The Kier molecular flexibility index (Phi) is 4.81. The Labute approximate surface area is 132 Å². The Bertz CT molecular complexity index is 707. The van der Waals surface area contributed by atoms with E-state index in [1.54, 1.807) is 19.1 Å². The van der Waals surface area contributed by atoms with E-state index in [2.05, 4.69) is 32.9 Å². The minimum absolute atomic E-state index is 0.295. The Morgan fingerprint density at radius 1 is 1.33 bits per heavy atom. The first-order valence-corrected chi connectivity index (χ1v) is 7.01. The number of halogens is 4. The van der Waals surface area contributed by atoms with Gasteiger partial charge in [0.1, 0.15) is 0 Å². The van der Waals surface area contributed by atoms with Crippen LogP contribution in [-0.4, -0.2) is 10.9 Å². The molecule has 0 fully saturated rings. The molecule has 0 radical (unpaired) electrons. The number of hydrogen-bond donors (Lipinski definition) is 1. The average Bonchev–Trinajstić information content (AvgIpc) is 2.43. The largest absolute Gasteiger partial charge is 0.348 e. The van der Waals surface area contributed by atoms with E-state index in [-0.39, 0.29) is 12.1 Å². The van der Waals surface area contributed by atoms with Crippen molar-refractivity contribution in [3.8, 4) is 0 Å². The number of benzene rings is 1. The van der Waals surface area contributed by atoms with Crippen molar-refractivity contribution in [2.75, 3.05) is 0 Å². The molecule has 0 spiro atoms. The van der Waals surface area contributed by atoms with E-state index in [9.17, 15) is 18.0 Å². The molecule has 110 valence electrons. The third-order valence-electron chi connectivity index (χ3n) is 2.91. The number of nitrogens with one attached hydrogen (secondary N) is 1. The molecule has 2 rings (SSSR count). The summed E-state index contributed by atoms with van der Waals surface area (Å²) in [6.45, 7) is 1.45. The van der Waals surface area contributed by atoms with Crippen LogP contribution in [0.1, 0.15) is 21.5 Å². The molecule has 1 aromatic heterocycles. The van der Waals surface area contributed by atoms with Crippen molar-refractivity contribution in [3.05, 3.63) is 62.2 Å². The Balaban J connectivity index is 2.17. The van der Waals surface area contributed by atoms with Crippen LogP contribution in [0.2, 0.25) is 0 Å². The molecular weight excluding hydrogens is 396 g/mol. The summed E-state index contributed by atoms with van der Waals surface area (Å²) in [5.41, 5.74) is 0.914. The molecule has 0 aliphatic heterocycles. The van der Waals surface area contributed by atoms with Gasteiger partial charge in [0.25, 0.3) is 11.9 Å². The summed E-state index contributed by atoms with van der Waals surface area (Å²) >= 11 is 2.09. The van der Waals surface area contributed by atoms with Gasteiger partial charge in [-0.15, -0.1) is 0 Å². The average molecular weight is 406 g/mol. The van der Waals surface area contributed by atoms with Gasteiger partial charge in [0.05, 0.1) is 0 Å². The maximum atomic E-state index is 13.4. The third-order valence-corrected chi connectivity index (χ3v) is 4.08. The number of carbonyl (C=O) groups excluding carboxylic acids is 1. The third kappa shape index (κ3) is 3.52. The van der Waals surface area contributed by atoms with Crippen LogP contribution in [0, 0.1) is 28.2 Å². The van der Waals surface area contributed by atoms with Crippen LogP contribution in [0.4, 0.5) is 13.2 Å². The van der Waals surface area contributed by atoms with Crippen LogP contribution in [0.15, 0.2) is 24.3 Å². The van der Waals surface area contributed by atoms with Gasteiger partial charge in [0.15, 0.2) is 5.82 Å². The van der Waals surface area contributed by atoms with Gasteiger partial charge >= 0.3 is 0 Å². The van der Waals surface area contributed by atoms with E-state index in [1.807, 2.05) is 6.07 Å². The van der Waals surface area contributed by atoms with Gasteiger partial charge in [0, 0.05) is 27.3 Å². The Morgan fingerprint density at radius 2 is 2.05 bits per heavy atom. The molecule has 0 unspecified atom stereocenters. The minimum atomic E-state index is -1.52. The van der Waals surface area contributed by atoms with Crippen molar-refractivity contribution in [1.82, 2.24) is 10.3 Å². The second kappa shape index (κ2) is 6.42. The predicted molar refractivity (Wildman–Crippen MR) is 79.2 cm³/mol. The van der Waals surface area contributed by atoms with E-state index >= 15 is 0 Å². The number of pyridine rings is 1. The van der Waals surface area contributed by atoms with Crippen LogP contribution < -0.4 is 5.32 Å². The summed E-state index contributed by atoms with van der Waals surface area (Å²) in [5.74, 6) is -4.37. The molecule has 1 amide bonds. The van der Waals surface area contributed by atoms with Crippen molar-refractivity contribution in [2.45, 2.75) is 13.5 Å². The zero-order chi connectivity index (χ0) is 15.6. The fraction of sp³-hybridized carbons (Fsp3) is 0.143. The highest BCUT2D eigenvalue weighted by Crippen LogP contribution is 2.16. The Morgan fingerprint density at radius 3 is 2.76 bits per heavy atom. The van der Waals surface area contributed by atoms with Gasteiger partial charge < -0.3 is 5.32 Å². The molecule has 0 atom stereocenters. The predicted octanol–water partition coefficient (Wildman–Crippen LogP) is 3.34. The minimum Gasteiger partial charge on any atom is -0.348 e. The summed E-state index contributed by atoms with van der Waals surface area (Å²) in [6, 6.07) is 5.94. The highest BCUT2D eigenvalue weighted by atomic mass is 127. The molecule has 1 N–H and O–H groups in total. The smallest absolute Gasteiger partial charge is 0.251 e. The summed E-state index contributed by atoms with van der Waals surface area (Å²) in [6.07, 6.45) is 0. The molecule has 1 heterocycles. The molecule has 3 nitrogen and oxygen atoms in total. The number of rotatable bonds is 3. The van der Waals surface area contributed by atoms with E-state index in [0.29, 0.717) is 5.56 Å². The van der Waals surface area contributed by atoms with E-state index < -0.39 is 23.6 Å². The molecule has 0 aliphatic rings. The SMILES string of the molecule is Cc1c(I)cccc1C(=O)NCc1cc(F)nc(F)c1F. The van der Waals surface area contributed by atoms with Crippen LogP contribution in [0.25, 0.3) is 0 Å². The first-order chi connectivity index (χ1) is 9.90. The highest BCUT2D eigenvalue weighted by Gasteiger charge is 2.15. The fourth-order valence-corrected chi connectivity index (χ4v) is 2.27. The molecule has 0 bridgehead atoms. The molecule has 0 aliphatic carbocycles. The second-order valence-electron chi connectivity index (χ2n) is 4.30. The van der Waals surface area contributed by atoms with E-state index in [0.717, 1.165) is 15.2 Å². The van der Waals surface area contributed by atoms with Gasteiger partial charge in [-0.3, -0.25) is 4.79 Å². The van der Waals surface area contributed by atoms with Crippen molar-refractivity contribution in [1.29, 1.82) is 0 Å². The number of amides is 1. The lowest BCUT2D eigenvalue weighted by Crippen LogP contribution is -2.24. The Hall–Kier alpha value is -1.64. The lowest BCUT2D eigenvalue weighted by molar-refractivity contribution is 0.0949. The van der Waals surface area contributed by atoms with Gasteiger partial charge in [0.2, 0.25) is 5.95 Å². The van der Waals surface area contributed by atoms with Gasteiger partial charge in [-0.05, 0) is 47.2 Å². The summed E-state index contributed by atoms with van der Waals surface area (Å²) in [5, 5.41) is 2.44. The molecule has 0 saturated carbocycles. The molecule has 0 saturated heterocycles. The van der Waals surface area contributed by atoms with Crippen molar-refractivity contribution in [2.24, 2.45) is 0 Å². The van der Waals surface area contributed by atoms with Gasteiger partial charge in [-0.1, -0.05) is 6.07 Å². The summed E-state index contributed by atoms with van der Waals surface area (Å²) < 4.78 is 40.2. The molecule has 21 heavy (non-hydrogen) atoms. The molecular formula is C14H10F3IN2O. The zero-order valence-electron chi connectivity index (χ0n) is 10.9. The topological polar surface area (TPSA) is 42.0 Å². The highest BCUT2D eigenvalue weighted by molar-refractivity contribution is 14.1. The molecule has 1 aromatic carbocycles.